The van der Waals surface area contributed by atoms with Crippen LogP contribution in [0.5, 0.6) is 0 Å². The van der Waals surface area contributed by atoms with Gasteiger partial charge in [-0.1, -0.05) is 20.8 Å². The van der Waals surface area contributed by atoms with Crippen molar-refractivity contribution in [2.45, 2.75) is 51.2 Å². The number of nitrogens with zero attached hydrogens (tertiary/aromatic N) is 2. The average Bonchev–Trinajstić information content (AvgIpc) is 2.42. The van der Waals surface area contributed by atoms with Crippen molar-refractivity contribution in [1.82, 2.24) is 4.98 Å². The molecule has 1 aliphatic rings. The van der Waals surface area contributed by atoms with Crippen molar-refractivity contribution in [2.24, 2.45) is 11.3 Å². The van der Waals surface area contributed by atoms with Crippen LogP contribution in [0, 0.1) is 22.7 Å². The van der Waals surface area contributed by atoms with E-state index in [0.717, 1.165) is 18.2 Å². The molecule has 1 unspecified atom stereocenters. The van der Waals surface area contributed by atoms with Gasteiger partial charge in [-0.2, -0.15) is 18.4 Å². The Hall–Kier alpha value is -1.22. The van der Waals surface area contributed by atoms with Crippen LogP contribution in [0.4, 0.5) is 13.2 Å². The molecule has 0 bridgehead atoms. The summed E-state index contributed by atoms with van der Waals surface area (Å²) in [5, 5.41) is 9.40. The fourth-order valence-corrected chi connectivity index (χ4v) is 3.59. The van der Waals surface area contributed by atoms with Crippen LogP contribution in [-0.2, 0) is 19.0 Å². The van der Waals surface area contributed by atoms with Gasteiger partial charge >= 0.3 is 6.18 Å². The lowest BCUT2D eigenvalue weighted by molar-refractivity contribution is -0.139. The molecule has 120 valence electrons. The van der Waals surface area contributed by atoms with Crippen LogP contribution < -0.4 is 0 Å². The molecule has 0 aliphatic heterocycles. The van der Waals surface area contributed by atoms with Gasteiger partial charge in [-0.15, -0.1) is 11.8 Å². The Morgan fingerprint density at radius 3 is 2.36 bits per heavy atom. The summed E-state index contributed by atoms with van der Waals surface area (Å²) in [6.45, 7) is 6.14. The van der Waals surface area contributed by atoms with Gasteiger partial charge < -0.3 is 0 Å². The van der Waals surface area contributed by atoms with Gasteiger partial charge in [-0.3, -0.25) is 0 Å². The third kappa shape index (κ3) is 3.10. The first-order valence-electron chi connectivity index (χ1n) is 7.16. The first-order valence-corrected chi connectivity index (χ1v) is 8.39. The predicted molar refractivity (Wildman–Crippen MR) is 80.7 cm³/mol. The predicted octanol–water partition coefficient (Wildman–Crippen LogP) is 4.84. The van der Waals surface area contributed by atoms with Crippen molar-refractivity contribution in [3.8, 4) is 6.07 Å². The van der Waals surface area contributed by atoms with E-state index in [1.165, 1.54) is 0 Å². The van der Waals surface area contributed by atoms with Gasteiger partial charge in [0, 0.05) is 5.69 Å². The van der Waals surface area contributed by atoms with Crippen molar-refractivity contribution in [3.05, 3.63) is 22.4 Å². The molecule has 1 heterocycles. The van der Waals surface area contributed by atoms with E-state index in [1.54, 1.807) is 12.3 Å². The molecule has 0 saturated carbocycles. The number of halogens is 3. The van der Waals surface area contributed by atoms with Crippen LogP contribution in [0.3, 0.4) is 0 Å². The molecule has 0 aromatic carbocycles. The van der Waals surface area contributed by atoms with Crippen LogP contribution in [0.1, 0.15) is 49.6 Å². The zero-order valence-electron chi connectivity index (χ0n) is 13.1. The molecular formula is C16H19F3N2S. The molecule has 0 saturated heterocycles. The minimum absolute atomic E-state index is 0.0639. The second kappa shape index (κ2) is 5.77. The van der Waals surface area contributed by atoms with E-state index < -0.39 is 11.7 Å². The van der Waals surface area contributed by atoms with Gasteiger partial charge in [0.15, 0.2) is 0 Å². The number of hydrogen-bond donors (Lipinski definition) is 0. The molecule has 0 amide bonds. The van der Waals surface area contributed by atoms with Crippen LogP contribution in [-0.4, -0.2) is 11.2 Å². The van der Waals surface area contributed by atoms with E-state index in [-0.39, 0.29) is 27.5 Å². The fraction of sp³-hybridized carbons (Fsp3) is 0.625. The largest absolute Gasteiger partial charge is 0.418 e. The highest BCUT2D eigenvalue weighted by Crippen LogP contribution is 2.44. The van der Waals surface area contributed by atoms with Crippen molar-refractivity contribution in [3.63, 3.8) is 0 Å². The van der Waals surface area contributed by atoms with Crippen LogP contribution in [0.25, 0.3) is 0 Å². The maximum atomic E-state index is 13.6. The molecule has 0 N–H and O–H groups in total. The lowest BCUT2D eigenvalue weighted by Gasteiger charge is -2.36. The summed E-state index contributed by atoms with van der Waals surface area (Å²) < 4.78 is 40.7. The first-order chi connectivity index (χ1) is 10.1. The van der Waals surface area contributed by atoms with Gasteiger partial charge in [0.05, 0.1) is 11.1 Å². The van der Waals surface area contributed by atoms with Gasteiger partial charge in [0.1, 0.15) is 11.1 Å². The van der Waals surface area contributed by atoms with E-state index in [9.17, 15) is 18.4 Å². The van der Waals surface area contributed by atoms with E-state index in [0.29, 0.717) is 18.5 Å². The lowest BCUT2D eigenvalue weighted by atomic mass is 9.70. The Balaban J connectivity index is 2.68. The zero-order chi connectivity index (χ0) is 16.7. The Morgan fingerprint density at radius 2 is 1.91 bits per heavy atom. The van der Waals surface area contributed by atoms with Crippen molar-refractivity contribution in [2.75, 3.05) is 6.26 Å². The molecule has 0 spiro atoms. The SMILES string of the molecule is CSc1nc2c(c(C(F)(F)F)c1C#N)CC(C(C)(C)C)CC2. The molecular weight excluding hydrogens is 309 g/mol. The third-order valence-electron chi connectivity index (χ3n) is 4.34. The van der Waals surface area contributed by atoms with Gasteiger partial charge in [-0.05, 0) is 42.4 Å². The molecule has 2 rings (SSSR count). The van der Waals surface area contributed by atoms with E-state index in [1.807, 2.05) is 20.8 Å². The summed E-state index contributed by atoms with van der Waals surface area (Å²) >= 11 is 1.10. The Kier molecular flexibility index (Phi) is 4.49. The molecule has 0 fully saturated rings. The monoisotopic (exact) mass is 328 g/mol. The number of aryl methyl sites for hydroxylation is 1. The summed E-state index contributed by atoms with van der Waals surface area (Å²) in [7, 11) is 0. The lowest BCUT2D eigenvalue weighted by Crippen LogP contribution is -2.30. The van der Waals surface area contributed by atoms with Gasteiger partial charge in [-0.25, -0.2) is 4.98 Å². The van der Waals surface area contributed by atoms with Crippen LogP contribution >= 0.6 is 11.8 Å². The summed E-state index contributed by atoms with van der Waals surface area (Å²) in [5.41, 5.74) is -0.415. The molecule has 0 radical (unpaired) electrons. The fourth-order valence-electron chi connectivity index (χ4n) is 3.04. The Morgan fingerprint density at radius 1 is 1.27 bits per heavy atom. The smallest absolute Gasteiger partial charge is 0.245 e. The Labute approximate surface area is 133 Å². The second-order valence-corrected chi connectivity index (χ2v) is 7.51. The standard InChI is InChI=1S/C16H19F3N2S/c1-15(2,3)9-5-6-12-10(7-9)13(16(17,18)19)11(8-20)14(21-12)22-4/h9H,5-7H2,1-4H3. The molecule has 2 nitrogen and oxygen atoms in total. The molecule has 6 heteroatoms. The number of hydrogen-bond acceptors (Lipinski definition) is 3. The van der Waals surface area contributed by atoms with E-state index in [4.69, 9.17) is 0 Å². The van der Waals surface area contributed by atoms with Gasteiger partial charge in [0.2, 0.25) is 0 Å². The molecule has 1 aromatic heterocycles. The highest BCUT2D eigenvalue weighted by Gasteiger charge is 2.42. The number of pyridine rings is 1. The maximum absolute atomic E-state index is 13.6. The summed E-state index contributed by atoms with van der Waals surface area (Å²) in [4.78, 5) is 4.33. The molecule has 22 heavy (non-hydrogen) atoms. The average molecular weight is 328 g/mol. The number of fused-ring (bicyclic) bond motifs is 1. The summed E-state index contributed by atoms with van der Waals surface area (Å²) in [6.07, 6.45) is -1.16. The highest BCUT2D eigenvalue weighted by molar-refractivity contribution is 7.98. The van der Waals surface area contributed by atoms with Crippen LogP contribution in [0.15, 0.2) is 5.03 Å². The minimum atomic E-state index is -4.53. The van der Waals surface area contributed by atoms with Crippen molar-refractivity contribution < 1.29 is 13.2 Å². The number of thioether (sulfide) groups is 1. The normalized spacial score (nSPS) is 18.7. The van der Waals surface area contributed by atoms with Crippen molar-refractivity contribution in [1.29, 1.82) is 5.26 Å². The van der Waals surface area contributed by atoms with Crippen LogP contribution in [0.2, 0.25) is 0 Å². The minimum Gasteiger partial charge on any atom is -0.245 e. The summed E-state index contributed by atoms with van der Waals surface area (Å²) in [6, 6.07) is 1.72. The number of aromatic nitrogens is 1. The van der Waals surface area contributed by atoms with Crippen molar-refractivity contribution >= 4 is 11.8 Å². The molecule has 1 atom stereocenters. The number of nitriles is 1. The third-order valence-corrected chi connectivity index (χ3v) is 5.03. The zero-order valence-corrected chi connectivity index (χ0v) is 14.0. The highest BCUT2D eigenvalue weighted by atomic mass is 32.2. The molecule has 1 aliphatic carbocycles. The number of rotatable bonds is 1. The summed E-state index contributed by atoms with van der Waals surface area (Å²) in [5.74, 6) is 0.162. The Bertz CT molecular complexity index is 624. The quantitative estimate of drug-likeness (QED) is 0.692. The van der Waals surface area contributed by atoms with E-state index in [2.05, 4.69) is 4.98 Å². The maximum Gasteiger partial charge on any atom is 0.418 e. The first kappa shape index (κ1) is 17.1. The topological polar surface area (TPSA) is 36.7 Å². The van der Waals surface area contributed by atoms with Gasteiger partial charge in [0.25, 0.3) is 0 Å². The number of alkyl halides is 3. The van der Waals surface area contributed by atoms with E-state index >= 15 is 0 Å². The second-order valence-electron chi connectivity index (χ2n) is 6.71. The molecule has 1 aromatic rings.